The van der Waals surface area contributed by atoms with Gasteiger partial charge < -0.3 is 9.66 Å². The summed E-state index contributed by atoms with van der Waals surface area (Å²) >= 11 is -1.97. The van der Waals surface area contributed by atoms with Crippen molar-refractivity contribution in [1.82, 2.24) is 0 Å². The molecule has 0 fully saturated rings. The molecule has 0 aliphatic rings. The minimum absolute atomic E-state index is 0.151. The highest BCUT2D eigenvalue weighted by atomic mass is 32.2. The van der Waals surface area contributed by atoms with Crippen LogP contribution in [0.4, 0.5) is 0 Å². The van der Waals surface area contributed by atoms with Crippen molar-refractivity contribution in [2.45, 2.75) is 4.90 Å². The number of rotatable bonds is 1. The summed E-state index contributed by atoms with van der Waals surface area (Å²) in [5.41, 5.74) is 0. The quantitative estimate of drug-likeness (QED) is 0.706. The van der Waals surface area contributed by atoms with Crippen molar-refractivity contribution in [2.75, 3.05) is 0 Å². The predicted molar refractivity (Wildman–Crippen MR) is 54.7 cm³/mol. The fourth-order valence-electron chi connectivity index (χ4n) is 1.32. The third-order valence-corrected chi connectivity index (χ3v) is 2.65. The first-order chi connectivity index (χ1) is 6.66. The van der Waals surface area contributed by atoms with Gasteiger partial charge in [-0.2, -0.15) is 0 Å². The summed E-state index contributed by atoms with van der Waals surface area (Å²) in [5.74, 6) is 0.151. The van der Waals surface area contributed by atoms with Crippen molar-refractivity contribution < 1.29 is 13.9 Å². The molecular formula is C10H8O3S. The van der Waals surface area contributed by atoms with Crippen molar-refractivity contribution in [2.24, 2.45) is 0 Å². The van der Waals surface area contributed by atoms with Crippen LogP contribution < -0.4 is 0 Å². The van der Waals surface area contributed by atoms with Crippen LogP contribution in [-0.4, -0.2) is 13.9 Å². The molecule has 2 aromatic rings. The lowest BCUT2D eigenvalue weighted by atomic mass is 10.1. The molecule has 1 atom stereocenters. The van der Waals surface area contributed by atoms with Gasteiger partial charge in [0.05, 0.1) is 4.90 Å². The maximum absolute atomic E-state index is 10.8. The SMILES string of the molecule is O=S(O)c1ccc2ccc(O)cc2c1. The number of hydrogen-bond donors (Lipinski definition) is 2. The number of hydrogen-bond acceptors (Lipinski definition) is 2. The van der Waals surface area contributed by atoms with E-state index in [1.54, 1.807) is 36.4 Å². The maximum atomic E-state index is 10.8. The number of phenolic OH excluding ortho intramolecular Hbond substituents is 1. The Kier molecular flexibility index (Phi) is 2.23. The summed E-state index contributed by atoms with van der Waals surface area (Å²) in [6, 6.07) is 9.83. The summed E-state index contributed by atoms with van der Waals surface area (Å²) in [7, 11) is 0. The van der Waals surface area contributed by atoms with Gasteiger partial charge in [-0.15, -0.1) is 0 Å². The second-order valence-electron chi connectivity index (χ2n) is 2.94. The van der Waals surface area contributed by atoms with Crippen LogP contribution in [0.3, 0.4) is 0 Å². The third kappa shape index (κ3) is 1.62. The van der Waals surface area contributed by atoms with Gasteiger partial charge in [0.2, 0.25) is 0 Å². The van der Waals surface area contributed by atoms with E-state index in [4.69, 9.17) is 4.55 Å². The summed E-state index contributed by atoms with van der Waals surface area (Å²) in [4.78, 5) is 0.336. The topological polar surface area (TPSA) is 57.5 Å². The molecule has 0 spiro atoms. The van der Waals surface area contributed by atoms with Gasteiger partial charge in [-0.1, -0.05) is 12.1 Å². The lowest BCUT2D eigenvalue weighted by Crippen LogP contribution is -1.87. The van der Waals surface area contributed by atoms with E-state index in [1.165, 1.54) is 0 Å². The Morgan fingerprint density at radius 3 is 2.43 bits per heavy atom. The molecule has 0 aliphatic carbocycles. The van der Waals surface area contributed by atoms with E-state index in [1.807, 2.05) is 0 Å². The van der Waals surface area contributed by atoms with Crippen LogP contribution in [0, 0.1) is 0 Å². The van der Waals surface area contributed by atoms with Crippen molar-refractivity contribution in [1.29, 1.82) is 0 Å². The Morgan fingerprint density at radius 1 is 1.00 bits per heavy atom. The lowest BCUT2D eigenvalue weighted by Gasteiger charge is -2.00. The largest absolute Gasteiger partial charge is 0.508 e. The molecule has 4 heteroatoms. The van der Waals surface area contributed by atoms with E-state index >= 15 is 0 Å². The molecular weight excluding hydrogens is 200 g/mol. The first-order valence-corrected chi connectivity index (χ1v) is 5.11. The zero-order valence-corrected chi connectivity index (χ0v) is 7.99. The first kappa shape index (κ1) is 9.18. The molecule has 0 radical (unpaired) electrons. The van der Waals surface area contributed by atoms with Crippen LogP contribution in [-0.2, 0) is 11.1 Å². The molecule has 2 aromatic carbocycles. The molecule has 0 bridgehead atoms. The van der Waals surface area contributed by atoms with Gasteiger partial charge in [-0.05, 0) is 35.0 Å². The van der Waals surface area contributed by atoms with Gasteiger partial charge in [-0.3, -0.25) is 0 Å². The summed E-state index contributed by atoms with van der Waals surface area (Å²) in [6.45, 7) is 0. The highest BCUT2D eigenvalue weighted by Crippen LogP contribution is 2.21. The molecule has 0 heterocycles. The summed E-state index contributed by atoms with van der Waals surface area (Å²) in [5, 5.41) is 10.9. The van der Waals surface area contributed by atoms with Crippen LogP contribution in [0.5, 0.6) is 5.75 Å². The minimum Gasteiger partial charge on any atom is -0.508 e. The van der Waals surface area contributed by atoms with Gasteiger partial charge in [-0.25, -0.2) is 4.21 Å². The maximum Gasteiger partial charge on any atom is 0.186 e. The van der Waals surface area contributed by atoms with Crippen LogP contribution in [0.1, 0.15) is 0 Å². The molecule has 0 saturated carbocycles. The van der Waals surface area contributed by atoms with E-state index in [0.29, 0.717) is 4.90 Å². The Hall–Kier alpha value is -1.39. The Labute approximate surface area is 83.3 Å². The fourth-order valence-corrected chi connectivity index (χ4v) is 1.73. The van der Waals surface area contributed by atoms with E-state index in [2.05, 4.69) is 0 Å². The normalized spacial score (nSPS) is 12.9. The van der Waals surface area contributed by atoms with E-state index in [9.17, 15) is 9.32 Å². The van der Waals surface area contributed by atoms with E-state index in [-0.39, 0.29) is 5.75 Å². The molecule has 0 aromatic heterocycles. The van der Waals surface area contributed by atoms with E-state index < -0.39 is 11.1 Å². The van der Waals surface area contributed by atoms with Crippen LogP contribution in [0.15, 0.2) is 41.3 Å². The monoisotopic (exact) mass is 208 g/mol. The Morgan fingerprint density at radius 2 is 1.71 bits per heavy atom. The molecule has 0 saturated heterocycles. The number of phenols is 1. The predicted octanol–water partition coefficient (Wildman–Crippen LogP) is 2.13. The highest BCUT2D eigenvalue weighted by molar-refractivity contribution is 7.79. The molecule has 2 rings (SSSR count). The third-order valence-electron chi connectivity index (χ3n) is 2.00. The second kappa shape index (κ2) is 3.40. The molecule has 2 N–H and O–H groups in total. The van der Waals surface area contributed by atoms with Crippen molar-refractivity contribution >= 4 is 21.9 Å². The molecule has 1 unspecified atom stereocenters. The number of aromatic hydroxyl groups is 1. The number of benzene rings is 2. The minimum atomic E-state index is -1.97. The molecule has 0 aliphatic heterocycles. The van der Waals surface area contributed by atoms with Gasteiger partial charge in [0, 0.05) is 0 Å². The first-order valence-electron chi connectivity index (χ1n) is 4.00. The Balaban J connectivity index is 2.69. The van der Waals surface area contributed by atoms with Crippen molar-refractivity contribution in [3.8, 4) is 5.75 Å². The average Bonchev–Trinajstić information content (AvgIpc) is 2.16. The molecule has 72 valence electrons. The molecule has 14 heavy (non-hydrogen) atoms. The Bertz CT molecular complexity index is 508. The van der Waals surface area contributed by atoms with Crippen molar-refractivity contribution in [3.63, 3.8) is 0 Å². The van der Waals surface area contributed by atoms with Gasteiger partial charge in [0.1, 0.15) is 5.75 Å². The smallest absolute Gasteiger partial charge is 0.186 e. The summed E-state index contributed by atoms with van der Waals surface area (Å²) in [6.07, 6.45) is 0. The van der Waals surface area contributed by atoms with Crippen LogP contribution in [0.2, 0.25) is 0 Å². The lowest BCUT2D eigenvalue weighted by molar-refractivity contribution is 0.476. The van der Waals surface area contributed by atoms with Crippen molar-refractivity contribution in [3.05, 3.63) is 36.4 Å². The molecule has 3 nitrogen and oxygen atoms in total. The zero-order chi connectivity index (χ0) is 10.1. The standard InChI is InChI=1S/C10H8O3S/c11-9-3-1-7-2-4-10(14(12)13)6-8(7)5-9/h1-6,11H,(H,12,13). The second-order valence-corrected chi connectivity index (χ2v) is 3.91. The van der Waals surface area contributed by atoms with Crippen LogP contribution >= 0.6 is 0 Å². The van der Waals surface area contributed by atoms with Crippen LogP contribution in [0.25, 0.3) is 10.8 Å². The zero-order valence-electron chi connectivity index (χ0n) is 7.18. The highest BCUT2D eigenvalue weighted by Gasteiger charge is 2.01. The fraction of sp³-hybridized carbons (Fsp3) is 0. The van der Waals surface area contributed by atoms with E-state index in [0.717, 1.165) is 10.8 Å². The van der Waals surface area contributed by atoms with Gasteiger partial charge in [0.15, 0.2) is 11.1 Å². The number of fused-ring (bicyclic) bond motifs is 1. The summed E-state index contributed by atoms with van der Waals surface area (Å²) < 4.78 is 19.6. The van der Waals surface area contributed by atoms with Gasteiger partial charge in [0.25, 0.3) is 0 Å². The molecule has 0 amide bonds. The van der Waals surface area contributed by atoms with Gasteiger partial charge >= 0.3 is 0 Å². The average molecular weight is 208 g/mol.